The van der Waals surface area contributed by atoms with E-state index in [4.69, 9.17) is 4.74 Å². The molecule has 0 aliphatic rings. The van der Waals surface area contributed by atoms with Crippen molar-refractivity contribution in [1.82, 2.24) is 9.97 Å². The number of aromatic nitrogens is 2. The summed E-state index contributed by atoms with van der Waals surface area (Å²) in [6.07, 6.45) is 0. The molecule has 0 radical (unpaired) electrons. The molecule has 2 aromatic rings. The second-order valence-corrected chi connectivity index (χ2v) is 3.46. The summed E-state index contributed by atoms with van der Waals surface area (Å²) < 4.78 is 9.83. The highest BCUT2D eigenvalue weighted by atomic mass is 16.6. The number of hydrogen-bond donors (Lipinski definition) is 0. The highest BCUT2D eigenvalue weighted by molar-refractivity contribution is 5.83. The Morgan fingerprint density at radius 3 is 2.82 bits per heavy atom. The van der Waals surface area contributed by atoms with E-state index < -0.39 is 5.97 Å². The quantitative estimate of drug-likeness (QED) is 0.750. The van der Waals surface area contributed by atoms with Crippen molar-refractivity contribution in [3.05, 3.63) is 30.1 Å². The minimum Gasteiger partial charge on any atom is -0.466 e. The normalized spacial score (nSPS) is 10.2. The Balaban J connectivity index is 2.35. The van der Waals surface area contributed by atoms with E-state index in [1.165, 1.54) is 7.11 Å². The van der Waals surface area contributed by atoms with Gasteiger partial charge in [-0.05, 0) is 19.1 Å². The summed E-state index contributed by atoms with van der Waals surface area (Å²) in [5.74, 6) is 0.562. The molecule has 0 spiro atoms. The SMILES string of the molecule is COC(=O)COc1nc(C)nc2ccccc12. The maximum absolute atomic E-state index is 11.0. The first-order valence-corrected chi connectivity index (χ1v) is 5.13. The zero-order chi connectivity index (χ0) is 12.3. The molecule has 0 bridgehead atoms. The molecule has 0 N–H and O–H groups in total. The fraction of sp³-hybridized carbons (Fsp3) is 0.250. The van der Waals surface area contributed by atoms with Gasteiger partial charge < -0.3 is 9.47 Å². The van der Waals surface area contributed by atoms with Crippen LogP contribution < -0.4 is 4.74 Å². The molecule has 1 aromatic carbocycles. The van der Waals surface area contributed by atoms with Gasteiger partial charge in [-0.3, -0.25) is 0 Å². The lowest BCUT2D eigenvalue weighted by molar-refractivity contribution is -0.142. The van der Waals surface area contributed by atoms with Crippen LogP contribution in [0, 0.1) is 6.92 Å². The first-order valence-electron chi connectivity index (χ1n) is 5.13. The molecule has 0 unspecified atom stereocenters. The molecule has 0 aliphatic carbocycles. The predicted molar refractivity (Wildman–Crippen MR) is 61.8 cm³/mol. The van der Waals surface area contributed by atoms with E-state index in [2.05, 4.69) is 14.7 Å². The Kier molecular flexibility index (Phi) is 3.18. The molecule has 1 aromatic heterocycles. The predicted octanol–water partition coefficient (Wildman–Crippen LogP) is 1.49. The third-order valence-electron chi connectivity index (χ3n) is 2.23. The van der Waals surface area contributed by atoms with Crippen molar-refractivity contribution in [1.29, 1.82) is 0 Å². The molecule has 0 aliphatic heterocycles. The largest absolute Gasteiger partial charge is 0.466 e. The second-order valence-electron chi connectivity index (χ2n) is 3.46. The van der Waals surface area contributed by atoms with Gasteiger partial charge in [0.05, 0.1) is 18.0 Å². The van der Waals surface area contributed by atoms with Crippen LogP contribution >= 0.6 is 0 Å². The molecule has 17 heavy (non-hydrogen) atoms. The second kappa shape index (κ2) is 4.78. The van der Waals surface area contributed by atoms with Crippen LogP contribution in [-0.4, -0.2) is 29.7 Å². The van der Waals surface area contributed by atoms with Crippen molar-refractivity contribution in [2.45, 2.75) is 6.92 Å². The average Bonchev–Trinajstić information content (AvgIpc) is 2.35. The van der Waals surface area contributed by atoms with Crippen molar-refractivity contribution < 1.29 is 14.3 Å². The van der Waals surface area contributed by atoms with Gasteiger partial charge in [-0.2, -0.15) is 4.98 Å². The standard InChI is InChI=1S/C12H12N2O3/c1-8-13-10-6-4-3-5-9(10)12(14-8)17-7-11(15)16-2/h3-6H,7H2,1-2H3. The molecule has 2 rings (SSSR count). The average molecular weight is 232 g/mol. The fourth-order valence-corrected chi connectivity index (χ4v) is 1.45. The zero-order valence-corrected chi connectivity index (χ0v) is 9.64. The van der Waals surface area contributed by atoms with Gasteiger partial charge in [0.15, 0.2) is 6.61 Å². The number of carbonyl (C=O) groups is 1. The van der Waals surface area contributed by atoms with Crippen molar-refractivity contribution in [3.63, 3.8) is 0 Å². The number of carbonyl (C=O) groups excluding carboxylic acids is 1. The van der Waals surface area contributed by atoms with Crippen LogP contribution in [0.15, 0.2) is 24.3 Å². The number of para-hydroxylation sites is 1. The van der Waals surface area contributed by atoms with E-state index >= 15 is 0 Å². The number of ether oxygens (including phenoxy) is 2. The lowest BCUT2D eigenvalue weighted by atomic mass is 10.2. The minimum absolute atomic E-state index is 0.156. The fourth-order valence-electron chi connectivity index (χ4n) is 1.45. The van der Waals surface area contributed by atoms with Gasteiger partial charge in [-0.25, -0.2) is 9.78 Å². The summed E-state index contributed by atoms with van der Waals surface area (Å²) in [5.41, 5.74) is 0.792. The van der Waals surface area contributed by atoms with Crippen LogP contribution in [0.25, 0.3) is 10.9 Å². The molecule has 0 saturated carbocycles. The van der Waals surface area contributed by atoms with Gasteiger partial charge in [-0.15, -0.1) is 0 Å². The summed E-state index contributed by atoms with van der Waals surface area (Å²) in [5, 5.41) is 0.780. The van der Waals surface area contributed by atoms with Gasteiger partial charge in [0.25, 0.3) is 0 Å². The Morgan fingerprint density at radius 1 is 1.29 bits per heavy atom. The third kappa shape index (κ3) is 2.50. The summed E-state index contributed by atoms with van der Waals surface area (Å²) in [4.78, 5) is 19.5. The van der Waals surface area contributed by atoms with E-state index in [1.807, 2.05) is 24.3 Å². The molecule has 0 saturated heterocycles. The highest BCUT2D eigenvalue weighted by Gasteiger charge is 2.08. The van der Waals surface area contributed by atoms with Crippen LogP contribution in [0.5, 0.6) is 5.88 Å². The monoisotopic (exact) mass is 232 g/mol. The van der Waals surface area contributed by atoms with E-state index in [1.54, 1.807) is 6.92 Å². The van der Waals surface area contributed by atoms with Gasteiger partial charge in [0.1, 0.15) is 5.82 Å². The lowest BCUT2D eigenvalue weighted by Gasteiger charge is -2.07. The number of methoxy groups -OCH3 is 1. The van der Waals surface area contributed by atoms with Crippen molar-refractivity contribution in [2.24, 2.45) is 0 Å². The summed E-state index contributed by atoms with van der Waals surface area (Å²) in [7, 11) is 1.31. The molecule has 1 heterocycles. The Labute approximate surface area is 98.4 Å². The smallest absolute Gasteiger partial charge is 0.343 e. The maximum Gasteiger partial charge on any atom is 0.343 e. The van der Waals surface area contributed by atoms with E-state index in [-0.39, 0.29) is 6.61 Å². The molecule has 5 heteroatoms. The van der Waals surface area contributed by atoms with Crippen LogP contribution in [0.3, 0.4) is 0 Å². The maximum atomic E-state index is 11.0. The van der Waals surface area contributed by atoms with Crippen molar-refractivity contribution >= 4 is 16.9 Å². The number of hydrogen-bond acceptors (Lipinski definition) is 5. The molecule has 0 atom stereocenters. The zero-order valence-electron chi connectivity index (χ0n) is 9.64. The number of nitrogens with zero attached hydrogens (tertiary/aromatic N) is 2. The van der Waals surface area contributed by atoms with Gasteiger partial charge >= 0.3 is 5.97 Å². The Morgan fingerprint density at radius 2 is 2.06 bits per heavy atom. The van der Waals surface area contributed by atoms with Gasteiger partial charge in [0.2, 0.25) is 5.88 Å². The third-order valence-corrected chi connectivity index (χ3v) is 2.23. The molecular weight excluding hydrogens is 220 g/mol. The van der Waals surface area contributed by atoms with Crippen molar-refractivity contribution in [2.75, 3.05) is 13.7 Å². The minimum atomic E-state index is -0.439. The summed E-state index contributed by atoms with van der Waals surface area (Å²) >= 11 is 0. The number of fused-ring (bicyclic) bond motifs is 1. The van der Waals surface area contributed by atoms with Crippen LogP contribution in [0.4, 0.5) is 0 Å². The highest BCUT2D eigenvalue weighted by Crippen LogP contribution is 2.21. The van der Waals surface area contributed by atoms with Crippen LogP contribution in [-0.2, 0) is 9.53 Å². The number of rotatable bonds is 3. The molecular formula is C12H12N2O3. The Bertz CT molecular complexity index is 554. The number of esters is 1. The molecule has 0 fully saturated rings. The van der Waals surface area contributed by atoms with Gasteiger partial charge in [0, 0.05) is 0 Å². The molecule has 0 amide bonds. The molecule has 5 nitrogen and oxygen atoms in total. The number of aryl methyl sites for hydroxylation is 1. The van der Waals surface area contributed by atoms with Crippen LogP contribution in [0.2, 0.25) is 0 Å². The summed E-state index contributed by atoms with van der Waals surface area (Å²) in [6, 6.07) is 7.47. The first-order chi connectivity index (χ1) is 8.20. The van der Waals surface area contributed by atoms with E-state index in [0.717, 1.165) is 10.9 Å². The Hall–Kier alpha value is -2.17. The molecule has 88 valence electrons. The van der Waals surface area contributed by atoms with E-state index in [0.29, 0.717) is 11.7 Å². The van der Waals surface area contributed by atoms with E-state index in [9.17, 15) is 4.79 Å². The summed E-state index contributed by atoms with van der Waals surface area (Å²) in [6.45, 7) is 1.62. The first kappa shape index (κ1) is 11.3. The van der Waals surface area contributed by atoms with Crippen molar-refractivity contribution in [3.8, 4) is 5.88 Å². The number of benzene rings is 1. The van der Waals surface area contributed by atoms with Gasteiger partial charge in [-0.1, -0.05) is 12.1 Å². The lowest BCUT2D eigenvalue weighted by Crippen LogP contribution is -2.13. The van der Waals surface area contributed by atoms with Crippen LogP contribution in [0.1, 0.15) is 5.82 Å². The topological polar surface area (TPSA) is 61.3 Å².